The van der Waals surface area contributed by atoms with Crippen molar-refractivity contribution in [1.82, 2.24) is 0 Å². The van der Waals surface area contributed by atoms with Crippen molar-refractivity contribution in [1.29, 1.82) is 0 Å². The van der Waals surface area contributed by atoms with Gasteiger partial charge in [-0.1, -0.05) is 6.92 Å². The first-order chi connectivity index (χ1) is 13.5. The molecule has 0 aliphatic heterocycles. The summed E-state index contributed by atoms with van der Waals surface area (Å²) in [4.78, 5) is 11.0. The highest BCUT2D eigenvalue weighted by atomic mass is 16.5. The van der Waals surface area contributed by atoms with Crippen molar-refractivity contribution in [2.75, 3.05) is 35.0 Å². The van der Waals surface area contributed by atoms with Crippen molar-refractivity contribution >= 4 is 16.7 Å². The van der Waals surface area contributed by atoms with Gasteiger partial charge in [-0.25, -0.2) is 0 Å². The largest absolute Gasteiger partial charge is 0.496 e. The molecule has 6 heteroatoms. The van der Waals surface area contributed by atoms with Crippen LogP contribution in [0.5, 0.6) is 23.0 Å². The standard InChI is InChI=1S/C22H30O6/c1-14(13-28-15(2)23)8-7-9-16-12-19(26-5)20-17(24-3)10-11-18(25-4)21(20)22(16)27-6/h10-12,14H,7-9,13H2,1-6H3. The lowest BCUT2D eigenvalue weighted by Gasteiger charge is -2.19. The monoisotopic (exact) mass is 390 g/mol. The molecule has 0 heterocycles. The van der Waals surface area contributed by atoms with E-state index in [1.165, 1.54) is 6.92 Å². The van der Waals surface area contributed by atoms with Crippen LogP contribution >= 0.6 is 0 Å². The Kier molecular flexibility index (Phi) is 7.79. The molecule has 0 amide bonds. The fourth-order valence-corrected chi connectivity index (χ4v) is 3.39. The summed E-state index contributed by atoms with van der Waals surface area (Å²) in [5, 5.41) is 1.67. The summed E-state index contributed by atoms with van der Waals surface area (Å²) < 4.78 is 27.6. The Labute approximate surface area is 166 Å². The lowest BCUT2D eigenvalue weighted by atomic mass is 9.96. The molecule has 0 bridgehead atoms. The molecule has 2 rings (SSSR count). The van der Waals surface area contributed by atoms with Crippen molar-refractivity contribution < 1.29 is 28.5 Å². The number of fused-ring (bicyclic) bond motifs is 1. The van der Waals surface area contributed by atoms with Gasteiger partial charge in [0.05, 0.1) is 45.8 Å². The van der Waals surface area contributed by atoms with Gasteiger partial charge in [-0.15, -0.1) is 0 Å². The van der Waals surface area contributed by atoms with Gasteiger partial charge >= 0.3 is 5.97 Å². The number of aryl methyl sites for hydroxylation is 1. The minimum Gasteiger partial charge on any atom is -0.496 e. The van der Waals surface area contributed by atoms with E-state index < -0.39 is 0 Å². The molecular weight excluding hydrogens is 360 g/mol. The summed E-state index contributed by atoms with van der Waals surface area (Å²) >= 11 is 0. The molecule has 154 valence electrons. The van der Waals surface area contributed by atoms with E-state index in [1.807, 2.05) is 18.2 Å². The number of carbonyl (C=O) groups is 1. The van der Waals surface area contributed by atoms with E-state index in [4.69, 9.17) is 23.7 Å². The van der Waals surface area contributed by atoms with Crippen LogP contribution in [0.3, 0.4) is 0 Å². The van der Waals surface area contributed by atoms with Crippen LogP contribution in [0.2, 0.25) is 0 Å². The minimum absolute atomic E-state index is 0.242. The van der Waals surface area contributed by atoms with Crippen LogP contribution in [0.15, 0.2) is 18.2 Å². The van der Waals surface area contributed by atoms with Crippen LogP contribution in [-0.2, 0) is 16.0 Å². The van der Waals surface area contributed by atoms with Crippen molar-refractivity contribution in [3.05, 3.63) is 23.8 Å². The second-order valence-electron chi connectivity index (χ2n) is 6.79. The van der Waals surface area contributed by atoms with Crippen LogP contribution in [-0.4, -0.2) is 41.0 Å². The summed E-state index contributed by atoms with van der Waals surface area (Å²) in [7, 11) is 6.57. The van der Waals surface area contributed by atoms with E-state index in [0.29, 0.717) is 24.0 Å². The maximum absolute atomic E-state index is 11.0. The second kappa shape index (κ2) is 10.1. The van der Waals surface area contributed by atoms with Crippen molar-refractivity contribution in [2.24, 2.45) is 5.92 Å². The van der Waals surface area contributed by atoms with Crippen LogP contribution in [0.4, 0.5) is 0 Å². The topological polar surface area (TPSA) is 63.2 Å². The van der Waals surface area contributed by atoms with Gasteiger partial charge in [0, 0.05) is 6.92 Å². The molecule has 2 aromatic rings. The Morgan fingerprint density at radius 3 is 2.07 bits per heavy atom. The highest BCUT2D eigenvalue weighted by molar-refractivity contribution is 6.03. The fraction of sp³-hybridized carbons (Fsp3) is 0.500. The Bertz CT molecular complexity index is 815. The highest BCUT2D eigenvalue weighted by Crippen LogP contribution is 2.46. The maximum Gasteiger partial charge on any atom is 0.302 e. The third-order valence-electron chi connectivity index (χ3n) is 4.78. The molecule has 0 spiro atoms. The molecule has 0 aliphatic carbocycles. The molecular formula is C22H30O6. The van der Waals surface area contributed by atoms with Crippen molar-refractivity contribution in [3.63, 3.8) is 0 Å². The smallest absolute Gasteiger partial charge is 0.302 e. The summed E-state index contributed by atoms with van der Waals surface area (Å²) in [5.74, 6) is 2.94. The molecule has 0 saturated carbocycles. The average molecular weight is 390 g/mol. The predicted octanol–water partition coefficient (Wildman–Crippen LogP) is 4.40. The van der Waals surface area contributed by atoms with Gasteiger partial charge < -0.3 is 23.7 Å². The molecule has 0 fully saturated rings. The first-order valence-electron chi connectivity index (χ1n) is 9.38. The van der Waals surface area contributed by atoms with E-state index in [-0.39, 0.29) is 5.97 Å². The molecule has 6 nitrogen and oxygen atoms in total. The van der Waals surface area contributed by atoms with Crippen molar-refractivity contribution in [3.8, 4) is 23.0 Å². The lowest BCUT2D eigenvalue weighted by Crippen LogP contribution is -2.09. The van der Waals surface area contributed by atoms with Crippen LogP contribution in [0.1, 0.15) is 32.3 Å². The zero-order chi connectivity index (χ0) is 20.7. The number of hydrogen-bond acceptors (Lipinski definition) is 6. The average Bonchev–Trinajstić information content (AvgIpc) is 2.70. The first-order valence-corrected chi connectivity index (χ1v) is 9.38. The highest BCUT2D eigenvalue weighted by Gasteiger charge is 2.20. The van der Waals surface area contributed by atoms with Gasteiger partial charge in [0.2, 0.25) is 0 Å². The number of esters is 1. The summed E-state index contributed by atoms with van der Waals surface area (Å²) in [6.45, 7) is 3.95. The van der Waals surface area contributed by atoms with E-state index >= 15 is 0 Å². The number of carbonyl (C=O) groups excluding carboxylic acids is 1. The zero-order valence-electron chi connectivity index (χ0n) is 17.6. The summed E-state index contributed by atoms with van der Waals surface area (Å²) in [5.41, 5.74) is 1.04. The second-order valence-corrected chi connectivity index (χ2v) is 6.79. The lowest BCUT2D eigenvalue weighted by molar-refractivity contribution is -0.142. The minimum atomic E-state index is -0.242. The Balaban J connectivity index is 2.37. The molecule has 0 radical (unpaired) electrons. The number of methoxy groups -OCH3 is 4. The molecule has 1 atom stereocenters. The van der Waals surface area contributed by atoms with E-state index in [9.17, 15) is 4.79 Å². The third-order valence-corrected chi connectivity index (χ3v) is 4.78. The number of benzene rings is 2. The van der Waals surface area contributed by atoms with Gasteiger partial charge in [-0.05, 0) is 48.9 Å². The van der Waals surface area contributed by atoms with Gasteiger partial charge in [-0.3, -0.25) is 4.79 Å². The molecule has 0 aromatic heterocycles. The van der Waals surface area contributed by atoms with E-state index in [2.05, 4.69) is 6.92 Å². The Hall–Kier alpha value is -2.63. The zero-order valence-corrected chi connectivity index (χ0v) is 17.6. The molecule has 28 heavy (non-hydrogen) atoms. The Morgan fingerprint density at radius 1 is 0.929 bits per heavy atom. The molecule has 1 unspecified atom stereocenters. The summed E-state index contributed by atoms with van der Waals surface area (Å²) in [6, 6.07) is 5.73. The molecule has 2 aromatic carbocycles. The SMILES string of the molecule is COc1ccc(OC)c2c(OC)c(CCCC(C)COC(C)=O)cc(OC)c12. The van der Waals surface area contributed by atoms with Gasteiger partial charge in [0.15, 0.2) is 0 Å². The van der Waals surface area contributed by atoms with Crippen LogP contribution < -0.4 is 18.9 Å². The predicted molar refractivity (Wildman–Crippen MR) is 109 cm³/mol. The molecule has 0 saturated heterocycles. The fourth-order valence-electron chi connectivity index (χ4n) is 3.39. The van der Waals surface area contributed by atoms with Gasteiger partial charge in [-0.2, -0.15) is 0 Å². The van der Waals surface area contributed by atoms with E-state index in [1.54, 1.807) is 28.4 Å². The van der Waals surface area contributed by atoms with Crippen LogP contribution in [0, 0.1) is 5.92 Å². The van der Waals surface area contributed by atoms with E-state index in [0.717, 1.165) is 47.1 Å². The van der Waals surface area contributed by atoms with Crippen LogP contribution in [0.25, 0.3) is 10.8 Å². The Morgan fingerprint density at radius 2 is 1.54 bits per heavy atom. The first kappa shape index (κ1) is 21.7. The molecule has 0 N–H and O–H groups in total. The number of rotatable bonds is 10. The number of ether oxygens (including phenoxy) is 5. The third kappa shape index (κ3) is 4.80. The summed E-state index contributed by atoms with van der Waals surface area (Å²) in [6.07, 6.45) is 2.67. The van der Waals surface area contributed by atoms with Crippen molar-refractivity contribution in [2.45, 2.75) is 33.1 Å². The normalized spacial score (nSPS) is 11.8. The maximum atomic E-state index is 11.0. The number of hydrogen-bond donors (Lipinski definition) is 0. The van der Waals surface area contributed by atoms with Gasteiger partial charge in [0.1, 0.15) is 23.0 Å². The quantitative estimate of drug-likeness (QED) is 0.561. The molecule has 0 aliphatic rings. The van der Waals surface area contributed by atoms with Gasteiger partial charge in [0.25, 0.3) is 0 Å².